The Balaban J connectivity index is 1.35. The number of amides is 1. The summed E-state index contributed by atoms with van der Waals surface area (Å²) in [4.78, 5) is 12.5. The average molecular weight is 401 g/mol. The Bertz CT molecular complexity index is 1130. The van der Waals surface area contributed by atoms with Crippen LogP contribution in [-0.2, 0) is 13.2 Å². The van der Waals surface area contributed by atoms with E-state index in [1.807, 2.05) is 55.5 Å². The van der Waals surface area contributed by atoms with E-state index in [-0.39, 0.29) is 12.6 Å². The molecule has 0 unspecified atom stereocenters. The average Bonchev–Trinajstić information content (AvgIpc) is 3.43. The Hall–Kier alpha value is -3.87. The molecule has 152 valence electrons. The van der Waals surface area contributed by atoms with E-state index >= 15 is 0 Å². The van der Waals surface area contributed by atoms with Crippen LogP contribution in [0.2, 0.25) is 0 Å². The first-order chi connectivity index (χ1) is 14.6. The first kappa shape index (κ1) is 19.4. The monoisotopic (exact) mass is 401 g/mol. The molecular formula is C23H23N5O2. The molecule has 2 N–H and O–H groups in total. The molecule has 7 nitrogen and oxygen atoms in total. The number of aromatic nitrogens is 4. The van der Waals surface area contributed by atoms with E-state index < -0.39 is 0 Å². The zero-order valence-corrected chi connectivity index (χ0v) is 16.9. The fourth-order valence-corrected chi connectivity index (χ4v) is 2.97. The number of rotatable bonds is 7. The van der Waals surface area contributed by atoms with Crippen LogP contribution in [0.25, 0.3) is 11.3 Å². The molecule has 0 radical (unpaired) electrons. The van der Waals surface area contributed by atoms with Crippen LogP contribution in [0, 0.1) is 6.92 Å². The first-order valence-electron chi connectivity index (χ1n) is 9.78. The van der Waals surface area contributed by atoms with Gasteiger partial charge in [0.25, 0.3) is 5.91 Å². The van der Waals surface area contributed by atoms with Gasteiger partial charge >= 0.3 is 0 Å². The molecule has 2 aromatic carbocycles. The summed E-state index contributed by atoms with van der Waals surface area (Å²) in [6.45, 7) is 4.39. The van der Waals surface area contributed by atoms with E-state index in [0.29, 0.717) is 11.4 Å². The van der Waals surface area contributed by atoms with Gasteiger partial charge in [0.15, 0.2) is 6.73 Å². The zero-order chi connectivity index (χ0) is 20.9. The number of aromatic amines is 1. The van der Waals surface area contributed by atoms with E-state index in [1.54, 1.807) is 23.1 Å². The second kappa shape index (κ2) is 8.65. The van der Waals surface area contributed by atoms with Gasteiger partial charge in [-0.25, -0.2) is 4.68 Å². The van der Waals surface area contributed by atoms with Gasteiger partial charge in [0.2, 0.25) is 0 Å². The number of H-pyrrole nitrogens is 1. The Labute approximate surface area is 174 Å². The number of anilines is 1. The number of carbonyl (C=O) groups is 1. The minimum Gasteiger partial charge on any atom is -0.471 e. The van der Waals surface area contributed by atoms with Crippen molar-refractivity contribution in [2.75, 3.05) is 5.32 Å². The maximum atomic E-state index is 12.5. The minimum atomic E-state index is -0.281. The van der Waals surface area contributed by atoms with Crippen LogP contribution in [0.3, 0.4) is 0 Å². The summed E-state index contributed by atoms with van der Waals surface area (Å²) in [5.74, 6) is 0.492. The Morgan fingerprint density at radius 2 is 1.90 bits per heavy atom. The number of aryl methyl sites for hydroxylation is 2. The molecule has 0 atom stereocenters. The van der Waals surface area contributed by atoms with Crippen molar-refractivity contribution in [3.63, 3.8) is 0 Å². The van der Waals surface area contributed by atoms with Crippen LogP contribution in [0.5, 0.6) is 5.75 Å². The normalized spacial score (nSPS) is 10.7. The predicted molar refractivity (Wildman–Crippen MR) is 115 cm³/mol. The molecule has 0 spiro atoms. The lowest BCUT2D eigenvalue weighted by Gasteiger charge is -2.06. The van der Waals surface area contributed by atoms with Crippen molar-refractivity contribution in [3.8, 4) is 17.0 Å². The molecule has 1 amide bonds. The Morgan fingerprint density at radius 1 is 1.13 bits per heavy atom. The van der Waals surface area contributed by atoms with Gasteiger partial charge in [0, 0.05) is 5.56 Å². The lowest BCUT2D eigenvalue weighted by atomic mass is 10.1. The van der Waals surface area contributed by atoms with Gasteiger partial charge in [-0.3, -0.25) is 9.89 Å². The molecule has 0 aliphatic heterocycles. The quantitative estimate of drug-likeness (QED) is 0.480. The van der Waals surface area contributed by atoms with Crippen molar-refractivity contribution < 1.29 is 9.53 Å². The third-order valence-corrected chi connectivity index (χ3v) is 4.76. The van der Waals surface area contributed by atoms with E-state index in [0.717, 1.165) is 23.4 Å². The lowest BCUT2D eigenvalue weighted by molar-refractivity contribution is 0.102. The van der Waals surface area contributed by atoms with Gasteiger partial charge in [-0.15, -0.1) is 0 Å². The number of hydrogen-bond donors (Lipinski definition) is 2. The van der Waals surface area contributed by atoms with Gasteiger partial charge in [-0.1, -0.05) is 48.9 Å². The molecule has 2 aromatic heterocycles. The molecular weight excluding hydrogens is 378 g/mol. The van der Waals surface area contributed by atoms with Crippen molar-refractivity contribution >= 4 is 11.6 Å². The Kier molecular flexibility index (Phi) is 5.61. The third kappa shape index (κ3) is 4.57. The maximum Gasteiger partial charge on any atom is 0.273 e. The number of carbonyl (C=O) groups excluding carboxylic acids is 1. The van der Waals surface area contributed by atoms with Crippen LogP contribution in [0.4, 0.5) is 5.69 Å². The largest absolute Gasteiger partial charge is 0.471 e. The molecule has 0 aliphatic carbocycles. The Morgan fingerprint density at radius 3 is 2.63 bits per heavy atom. The van der Waals surface area contributed by atoms with Crippen LogP contribution >= 0.6 is 0 Å². The summed E-state index contributed by atoms with van der Waals surface area (Å²) in [5.41, 5.74) is 5.06. The van der Waals surface area contributed by atoms with Crippen molar-refractivity contribution in [1.82, 2.24) is 20.0 Å². The summed E-state index contributed by atoms with van der Waals surface area (Å²) < 4.78 is 7.35. The molecule has 0 saturated carbocycles. The number of ether oxygens (including phenoxy) is 1. The smallest absolute Gasteiger partial charge is 0.273 e. The van der Waals surface area contributed by atoms with Gasteiger partial charge in [0.1, 0.15) is 11.4 Å². The molecule has 0 bridgehead atoms. The van der Waals surface area contributed by atoms with Crippen LogP contribution in [0.1, 0.15) is 28.5 Å². The molecule has 4 rings (SSSR count). The van der Waals surface area contributed by atoms with Crippen LogP contribution < -0.4 is 10.1 Å². The maximum absolute atomic E-state index is 12.5. The van der Waals surface area contributed by atoms with Crippen molar-refractivity contribution in [3.05, 3.63) is 83.8 Å². The first-order valence-corrected chi connectivity index (χ1v) is 9.78. The number of nitrogens with zero attached hydrogens (tertiary/aromatic N) is 3. The molecule has 7 heteroatoms. The van der Waals surface area contributed by atoms with E-state index in [2.05, 4.69) is 27.5 Å². The van der Waals surface area contributed by atoms with Crippen molar-refractivity contribution in [1.29, 1.82) is 0 Å². The lowest BCUT2D eigenvalue weighted by Crippen LogP contribution is -2.12. The summed E-state index contributed by atoms with van der Waals surface area (Å²) in [6.07, 6.45) is 4.29. The molecule has 0 fully saturated rings. The predicted octanol–water partition coefficient (Wildman–Crippen LogP) is 4.43. The van der Waals surface area contributed by atoms with Gasteiger partial charge in [0.05, 0.1) is 23.8 Å². The van der Waals surface area contributed by atoms with E-state index in [9.17, 15) is 4.79 Å². The molecule has 4 aromatic rings. The van der Waals surface area contributed by atoms with Gasteiger partial charge < -0.3 is 10.1 Å². The van der Waals surface area contributed by atoms with E-state index in [1.165, 1.54) is 11.1 Å². The summed E-state index contributed by atoms with van der Waals surface area (Å²) >= 11 is 0. The fraction of sp³-hybridized carbons (Fsp3) is 0.174. The van der Waals surface area contributed by atoms with Crippen LogP contribution in [-0.4, -0.2) is 25.9 Å². The van der Waals surface area contributed by atoms with Crippen molar-refractivity contribution in [2.24, 2.45) is 0 Å². The molecule has 0 saturated heterocycles. The van der Waals surface area contributed by atoms with Gasteiger partial charge in [-0.05, 0) is 37.1 Å². The number of benzene rings is 2. The minimum absolute atomic E-state index is 0.253. The highest BCUT2D eigenvalue weighted by Crippen LogP contribution is 2.19. The summed E-state index contributed by atoms with van der Waals surface area (Å²) in [7, 11) is 0. The second-order valence-corrected chi connectivity index (χ2v) is 7.03. The molecule has 30 heavy (non-hydrogen) atoms. The zero-order valence-electron chi connectivity index (χ0n) is 16.9. The van der Waals surface area contributed by atoms with E-state index in [4.69, 9.17) is 4.74 Å². The van der Waals surface area contributed by atoms with Crippen molar-refractivity contribution in [2.45, 2.75) is 27.0 Å². The SMILES string of the molecule is CCc1ccc(OCn2cc(NC(=O)c3cc(-c4ccc(C)cc4)n[nH]3)cn2)cc1. The fourth-order valence-electron chi connectivity index (χ4n) is 2.97. The van der Waals surface area contributed by atoms with Gasteiger partial charge in [-0.2, -0.15) is 10.2 Å². The van der Waals surface area contributed by atoms with Crippen LogP contribution in [0.15, 0.2) is 67.0 Å². The molecule has 0 aliphatic rings. The standard InChI is InChI=1S/C23H23N5O2/c1-3-17-6-10-20(11-7-17)30-15-28-14-19(13-24-28)25-23(29)22-12-21(26-27-22)18-8-4-16(2)5-9-18/h4-14H,3,15H2,1-2H3,(H,25,29)(H,26,27). The number of nitrogens with one attached hydrogen (secondary N) is 2. The highest BCUT2D eigenvalue weighted by Gasteiger charge is 2.12. The highest BCUT2D eigenvalue weighted by atomic mass is 16.5. The highest BCUT2D eigenvalue weighted by molar-refractivity contribution is 6.03. The third-order valence-electron chi connectivity index (χ3n) is 4.76. The topological polar surface area (TPSA) is 84.8 Å². The summed E-state index contributed by atoms with van der Waals surface area (Å²) in [5, 5.41) is 14.1. The summed E-state index contributed by atoms with van der Waals surface area (Å²) in [6, 6.07) is 17.7. The number of hydrogen-bond acceptors (Lipinski definition) is 4. The second-order valence-electron chi connectivity index (χ2n) is 7.03. The molecule has 2 heterocycles.